The van der Waals surface area contributed by atoms with E-state index in [2.05, 4.69) is 15.2 Å². The lowest BCUT2D eigenvalue weighted by atomic mass is 9.85. The van der Waals surface area contributed by atoms with Crippen LogP contribution in [0, 0.1) is 18.3 Å². The van der Waals surface area contributed by atoms with Crippen molar-refractivity contribution >= 4 is 15.7 Å². The Morgan fingerprint density at radius 3 is 2.68 bits per heavy atom. The van der Waals surface area contributed by atoms with Crippen LogP contribution in [-0.2, 0) is 22.7 Å². The van der Waals surface area contributed by atoms with Gasteiger partial charge < -0.3 is 0 Å². The predicted octanol–water partition coefficient (Wildman–Crippen LogP) is 1.29. The van der Waals surface area contributed by atoms with Crippen LogP contribution in [-0.4, -0.2) is 50.2 Å². The van der Waals surface area contributed by atoms with Gasteiger partial charge in [0.05, 0.1) is 6.20 Å². The maximum atomic E-state index is 15.8. The summed E-state index contributed by atoms with van der Waals surface area (Å²) in [6.45, 7) is 1.82. The lowest BCUT2D eigenvalue weighted by molar-refractivity contribution is 0.0858. The van der Waals surface area contributed by atoms with Crippen LogP contribution in [0.25, 0.3) is 5.65 Å². The van der Waals surface area contributed by atoms with Crippen molar-refractivity contribution in [2.24, 2.45) is 7.05 Å². The maximum absolute atomic E-state index is 15.8. The van der Waals surface area contributed by atoms with E-state index in [1.54, 1.807) is 12.3 Å². The van der Waals surface area contributed by atoms with Gasteiger partial charge in [-0.3, -0.25) is 4.68 Å². The van der Waals surface area contributed by atoms with Crippen LogP contribution in [0.2, 0.25) is 0 Å². The first kappa shape index (κ1) is 18.5. The molecule has 3 aromatic rings. The minimum absolute atomic E-state index is 0.00737. The van der Waals surface area contributed by atoms with Crippen LogP contribution in [0.3, 0.4) is 0 Å². The van der Waals surface area contributed by atoms with Crippen molar-refractivity contribution in [3.05, 3.63) is 41.6 Å². The molecule has 3 aromatic heterocycles. The van der Waals surface area contributed by atoms with Crippen LogP contribution < -0.4 is 0 Å². The molecule has 0 radical (unpaired) electrons. The summed E-state index contributed by atoms with van der Waals surface area (Å²) in [7, 11) is -2.42. The molecule has 1 fully saturated rings. The van der Waals surface area contributed by atoms with Crippen molar-refractivity contribution in [2.75, 3.05) is 13.1 Å². The van der Waals surface area contributed by atoms with Gasteiger partial charge in [0.1, 0.15) is 23.0 Å². The largest absolute Gasteiger partial charge is 0.257 e. The van der Waals surface area contributed by atoms with Gasteiger partial charge >= 0.3 is 0 Å². The van der Waals surface area contributed by atoms with E-state index in [4.69, 9.17) is 0 Å². The molecule has 0 aliphatic carbocycles. The summed E-state index contributed by atoms with van der Waals surface area (Å²) in [6.07, 6.45) is 4.20. The minimum atomic E-state index is -3.92. The molecule has 4 rings (SSSR count). The van der Waals surface area contributed by atoms with Gasteiger partial charge in [-0.2, -0.15) is 19.8 Å². The van der Waals surface area contributed by atoms with Crippen LogP contribution in [0.4, 0.5) is 4.39 Å². The third kappa shape index (κ3) is 2.76. The Bertz CT molecular complexity index is 1200. The summed E-state index contributed by atoms with van der Waals surface area (Å²) in [4.78, 5) is 3.94. The number of rotatable bonds is 3. The Morgan fingerprint density at radius 2 is 2.00 bits per heavy atom. The van der Waals surface area contributed by atoms with Crippen LogP contribution in [0.15, 0.2) is 29.7 Å². The number of fused-ring (bicyclic) bond motifs is 1. The minimum Gasteiger partial charge on any atom is -0.257 e. The van der Waals surface area contributed by atoms with Crippen LogP contribution >= 0.6 is 0 Å². The fourth-order valence-corrected chi connectivity index (χ4v) is 5.19. The SMILES string of the molecule is Cc1cc2ncnn2cc1C1(F)CCN(S(=O)(=O)c2cnn(C)c2C#N)CC1. The zero-order chi connectivity index (χ0) is 20.1. The number of nitriles is 1. The number of piperidine rings is 1. The summed E-state index contributed by atoms with van der Waals surface area (Å²) in [5, 5.41) is 17.1. The van der Waals surface area contributed by atoms with Gasteiger partial charge in [-0.1, -0.05) is 0 Å². The number of aromatic nitrogens is 5. The molecule has 0 amide bonds. The first-order valence-corrected chi connectivity index (χ1v) is 10.1. The second-order valence-corrected chi connectivity index (χ2v) is 8.80. The fourth-order valence-electron chi connectivity index (χ4n) is 3.65. The summed E-state index contributed by atoms with van der Waals surface area (Å²) in [6, 6.07) is 3.62. The molecule has 4 heterocycles. The maximum Gasteiger partial charge on any atom is 0.247 e. The molecule has 1 aliphatic rings. The van der Waals surface area contributed by atoms with E-state index in [1.165, 1.54) is 26.9 Å². The topological polar surface area (TPSA) is 109 Å². The Hall–Kier alpha value is -2.84. The zero-order valence-corrected chi connectivity index (χ0v) is 16.2. The fraction of sp³-hybridized carbons (Fsp3) is 0.412. The molecule has 0 atom stereocenters. The molecule has 0 spiro atoms. The van der Waals surface area contributed by atoms with E-state index >= 15 is 4.39 Å². The van der Waals surface area contributed by atoms with Crippen LogP contribution in [0.1, 0.15) is 29.7 Å². The number of hydrogen-bond acceptors (Lipinski definition) is 6. The predicted molar refractivity (Wildman–Crippen MR) is 96.4 cm³/mol. The van der Waals surface area contributed by atoms with Crippen LogP contribution in [0.5, 0.6) is 0 Å². The van der Waals surface area contributed by atoms with Gasteiger partial charge in [0.25, 0.3) is 0 Å². The lowest BCUT2D eigenvalue weighted by Gasteiger charge is -2.36. The highest BCUT2D eigenvalue weighted by molar-refractivity contribution is 7.89. The highest BCUT2D eigenvalue weighted by atomic mass is 32.2. The van der Waals surface area contributed by atoms with Crippen molar-refractivity contribution in [3.63, 3.8) is 0 Å². The van der Waals surface area contributed by atoms with Crippen molar-refractivity contribution < 1.29 is 12.8 Å². The Labute approximate surface area is 161 Å². The van der Waals surface area contributed by atoms with Gasteiger partial charge in [-0.05, 0) is 31.4 Å². The molecule has 9 nitrogen and oxygen atoms in total. The third-order valence-electron chi connectivity index (χ3n) is 5.25. The normalized spacial score (nSPS) is 17.6. The first-order chi connectivity index (χ1) is 13.3. The van der Waals surface area contributed by atoms with E-state index in [-0.39, 0.29) is 36.5 Å². The summed E-state index contributed by atoms with van der Waals surface area (Å²) in [5.74, 6) is 0. The zero-order valence-electron chi connectivity index (χ0n) is 15.4. The van der Waals surface area contributed by atoms with Gasteiger partial charge in [0, 0.05) is 31.9 Å². The van der Waals surface area contributed by atoms with E-state index in [9.17, 15) is 13.7 Å². The standard InChI is InChI=1S/C17H18FN7O2S/c1-12-7-16-20-11-22-25(16)10-13(12)17(18)3-5-24(6-4-17)28(26,27)15-9-21-23(2)14(15)8-19/h7,9-11H,3-6H2,1-2H3. The Balaban J connectivity index is 1.61. The Kier molecular flexibility index (Phi) is 4.20. The van der Waals surface area contributed by atoms with E-state index in [1.807, 2.05) is 13.0 Å². The van der Waals surface area contributed by atoms with Gasteiger partial charge in [0.2, 0.25) is 10.0 Å². The Morgan fingerprint density at radius 1 is 1.29 bits per heavy atom. The summed E-state index contributed by atoms with van der Waals surface area (Å²) < 4.78 is 45.5. The van der Waals surface area contributed by atoms with Gasteiger partial charge in [-0.25, -0.2) is 22.3 Å². The van der Waals surface area contributed by atoms with Gasteiger partial charge in [-0.15, -0.1) is 0 Å². The first-order valence-electron chi connectivity index (χ1n) is 8.68. The van der Waals surface area contributed by atoms with E-state index in [0.29, 0.717) is 11.2 Å². The molecular weight excluding hydrogens is 385 g/mol. The monoisotopic (exact) mass is 403 g/mol. The highest BCUT2D eigenvalue weighted by Crippen LogP contribution is 2.40. The average molecular weight is 403 g/mol. The number of aryl methyl sites for hydroxylation is 2. The molecule has 1 aliphatic heterocycles. The molecule has 28 heavy (non-hydrogen) atoms. The number of nitrogens with zero attached hydrogens (tertiary/aromatic N) is 7. The molecule has 0 unspecified atom stereocenters. The molecule has 0 aromatic carbocycles. The number of halogens is 1. The number of hydrogen-bond donors (Lipinski definition) is 0. The van der Waals surface area contributed by atoms with Crippen molar-refractivity contribution in [2.45, 2.75) is 30.3 Å². The third-order valence-corrected chi connectivity index (χ3v) is 7.15. The smallest absolute Gasteiger partial charge is 0.247 e. The second-order valence-electron chi connectivity index (χ2n) is 6.90. The molecule has 0 N–H and O–H groups in total. The number of pyridine rings is 1. The van der Waals surface area contributed by atoms with Gasteiger partial charge in [0.15, 0.2) is 11.3 Å². The molecule has 0 bridgehead atoms. The number of alkyl halides is 1. The summed E-state index contributed by atoms with van der Waals surface area (Å²) in [5.41, 5.74) is 0.165. The molecule has 1 saturated heterocycles. The highest BCUT2D eigenvalue weighted by Gasteiger charge is 2.42. The second kappa shape index (κ2) is 6.35. The van der Waals surface area contributed by atoms with E-state index < -0.39 is 15.7 Å². The lowest BCUT2D eigenvalue weighted by Crippen LogP contribution is -2.43. The summed E-state index contributed by atoms with van der Waals surface area (Å²) >= 11 is 0. The average Bonchev–Trinajstić information content (AvgIpc) is 3.27. The molecular formula is C17H18FN7O2S. The van der Waals surface area contributed by atoms with Crippen molar-refractivity contribution in [1.29, 1.82) is 5.26 Å². The number of sulfonamides is 1. The molecule has 11 heteroatoms. The van der Waals surface area contributed by atoms with Crippen molar-refractivity contribution in [1.82, 2.24) is 28.7 Å². The molecule has 0 saturated carbocycles. The van der Waals surface area contributed by atoms with Crippen molar-refractivity contribution in [3.8, 4) is 6.07 Å². The quantitative estimate of drug-likeness (QED) is 0.652. The van der Waals surface area contributed by atoms with E-state index in [0.717, 1.165) is 11.8 Å². The molecule has 146 valence electrons.